The molecule has 0 aromatic rings. The number of nitrogens with zero attached hydrogens (tertiary/aromatic N) is 1. The highest BCUT2D eigenvalue weighted by Crippen LogP contribution is 2.02. The van der Waals surface area contributed by atoms with Gasteiger partial charge in [-0.25, -0.2) is 0 Å². The zero-order chi connectivity index (χ0) is 11.7. The SMILES string of the molecule is CCCN(CCC)C(C)CNC(C)CC. The lowest BCUT2D eigenvalue weighted by Crippen LogP contribution is -2.43. The minimum absolute atomic E-state index is 0.651. The van der Waals surface area contributed by atoms with E-state index in [4.69, 9.17) is 0 Å². The number of hydrogen-bond acceptors (Lipinski definition) is 2. The predicted octanol–water partition coefficient (Wildman–Crippen LogP) is 2.89. The van der Waals surface area contributed by atoms with Crippen molar-refractivity contribution in [3.05, 3.63) is 0 Å². The van der Waals surface area contributed by atoms with Crippen LogP contribution in [0.2, 0.25) is 0 Å². The first kappa shape index (κ1) is 14.9. The maximum atomic E-state index is 3.59. The molecule has 0 heterocycles. The summed E-state index contributed by atoms with van der Waals surface area (Å²) in [6.45, 7) is 14.9. The highest BCUT2D eigenvalue weighted by Gasteiger charge is 2.12. The van der Waals surface area contributed by atoms with Crippen LogP contribution in [-0.2, 0) is 0 Å². The van der Waals surface area contributed by atoms with E-state index in [0.29, 0.717) is 12.1 Å². The van der Waals surface area contributed by atoms with Crippen molar-refractivity contribution < 1.29 is 0 Å². The molecule has 0 radical (unpaired) electrons. The Kier molecular flexibility index (Phi) is 9.12. The average molecular weight is 214 g/mol. The molecular weight excluding hydrogens is 184 g/mol. The van der Waals surface area contributed by atoms with Crippen molar-refractivity contribution in [1.29, 1.82) is 0 Å². The summed E-state index contributed by atoms with van der Waals surface area (Å²) in [7, 11) is 0. The van der Waals surface area contributed by atoms with Gasteiger partial charge in [0.2, 0.25) is 0 Å². The monoisotopic (exact) mass is 214 g/mol. The standard InChI is InChI=1S/C13H30N2/c1-6-9-15(10-7-2)13(5)11-14-12(4)8-3/h12-14H,6-11H2,1-5H3. The van der Waals surface area contributed by atoms with Gasteiger partial charge in [0, 0.05) is 18.6 Å². The van der Waals surface area contributed by atoms with E-state index >= 15 is 0 Å². The Balaban J connectivity index is 3.84. The predicted molar refractivity (Wildman–Crippen MR) is 69.4 cm³/mol. The minimum Gasteiger partial charge on any atom is -0.313 e. The van der Waals surface area contributed by atoms with Gasteiger partial charge in [-0.2, -0.15) is 0 Å². The molecule has 0 amide bonds. The third-order valence-corrected chi connectivity index (χ3v) is 3.02. The van der Waals surface area contributed by atoms with Gasteiger partial charge in [-0.1, -0.05) is 20.8 Å². The Bertz CT molecular complexity index is 130. The number of hydrogen-bond donors (Lipinski definition) is 1. The molecule has 2 heteroatoms. The van der Waals surface area contributed by atoms with Crippen LogP contribution in [0.15, 0.2) is 0 Å². The van der Waals surface area contributed by atoms with Crippen LogP contribution in [0.5, 0.6) is 0 Å². The lowest BCUT2D eigenvalue weighted by Gasteiger charge is -2.29. The van der Waals surface area contributed by atoms with Crippen molar-refractivity contribution in [3.63, 3.8) is 0 Å². The summed E-state index contributed by atoms with van der Waals surface area (Å²) in [5.74, 6) is 0. The molecule has 0 aliphatic carbocycles. The summed E-state index contributed by atoms with van der Waals surface area (Å²) in [4.78, 5) is 2.59. The maximum absolute atomic E-state index is 3.59. The van der Waals surface area contributed by atoms with Gasteiger partial charge in [0.1, 0.15) is 0 Å². The third-order valence-electron chi connectivity index (χ3n) is 3.02. The van der Waals surface area contributed by atoms with Crippen molar-refractivity contribution in [2.75, 3.05) is 19.6 Å². The molecule has 0 fully saturated rings. The van der Waals surface area contributed by atoms with Crippen molar-refractivity contribution >= 4 is 0 Å². The van der Waals surface area contributed by atoms with Crippen LogP contribution in [0.4, 0.5) is 0 Å². The second-order valence-corrected chi connectivity index (χ2v) is 4.60. The molecule has 0 aromatic heterocycles. The summed E-state index contributed by atoms with van der Waals surface area (Å²) in [6.07, 6.45) is 3.73. The fourth-order valence-corrected chi connectivity index (χ4v) is 1.77. The van der Waals surface area contributed by atoms with E-state index in [1.54, 1.807) is 0 Å². The van der Waals surface area contributed by atoms with Crippen LogP contribution >= 0.6 is 0 Å². The fourth-order valence-electron chi connectivity index (χ4n) is 1.77. The van der Waals surface area contributed by atoms with Gasteiger partial charge < -0.3 is 5.32 Å². The van der Waals surface area contributed by atoms with Crippen LogP contribution in [0.3, 0.4) is 0 Å². The first-order valence-corrected chi connectivity index (χ1v) is 6.63. The van der Waals surface area contributed by atoms with Crippen LogP contribution in [-0.4, -0.2) is 36.6 Å². The molecule has 1 N–H and O–H groups in total. The molecule has 2 atom stereocenters. The highest BCUT2D eigenvalue weighted by atomic mass is 15.2. The minimum atomic E-state index is 0.651. The van der Waals surface area contributed by atoms with Crippen molar-refractivity contribution in [3.8, 4) is 0 Å². The van der Waals surface area contributed by atoms with Crippen molar-refractivity contribution in [1.82, 2.24) is 10.2 Å². The van der Waals surface area contributed by atoms with E-state index in [9.17, 15) is 0 Å². The van der Waals surface area contributed by atoms with Crippen molar-refractivity contribution in [2.24, 2.45) is 0 Å². The van der Waals surface area contributed by atoms with E-state index in [1.807, 2.05) is 0 Å². The lowest BCUT2D eigenvalue weighted by atomic mass is 10.2. The molecule has 0 saturated heterocycles. The number of rotatable bonds is 9. The summed E-state index contributed by atoms with van der Waals surface area (Å²) in [6, 6.07) is 1.32. The molecule has 0 bridgehead atoms. The summed E-state index contributed by atoms with van der Waals surface area (Å²) in [5, 5.41) is 3.59. The zero-order valence-electron chi connectivity index (χ0n) is 11.3. The molecule has 0 aromatic carbocycles. The smallest absolute Gasteiger partial charge is 0.0192 e. The molecule has 0 saturated carbocycles. The van der Waals surface area contributed by atoms with Gasteiger partial charge in [-0.15, -0.1) is 0 Å². The second-order valence-electron chi connectivity index (χ2n) is 4.60. The van der Waals surface area contributed by atoms with Gasteiger partial charge >= 0.3 is 0 Å². The van der Waals surface area contributed by atoms with Crippen molar-refractivity contribution in [2.45, 2.75) is 66.0 Å². The average Bonchev–Trinajstić information content (AvgIpc) is 2.25. The third kappa shape index (κ3) is 6.91. The molecule has 0 aliphatic heterocycles. The van der Waals surface area contributed by atoms with Gasteiger partial charge in [0.05, 0.1) is 0 Å². The Morgan fingerprint density at radius 2 is 1.53 bits per heavy atom. The van der Waals surface area contributed by atoms with Gasteiger partial charge in [0.15, 0.2) is 0 Å². The molecule has 0 spiro atoms. The Hall–Kier alpha value is -0.0800. The lowest BCUT2D eigenvalue weighted by molar-refractivity contribution is 0.201. The summed E-state index contributed by atoms with van der Waals surface area (Å²) in [5.41, 5.74) is 0. The molecule has 2 nitrogen and oxygen atoms in total. The largest absolute Gasteiger partial charge is 0.313 e. The first-order chi connectivity index (χ1) is 7.15. The molecular formula is C13H30N2. The zero-order valence-corrected chi connectivity index (χ0v) is 11.3. The normalized spacial score (nSPS) is 15.6. The topological polar surface area (TPSA) is 15.3 Å². The molecule has 0 aliphatic rings. The van der Waals surface area contributed by atoms with Crippen LogP contribution in [0, 0.1) is 0 Å². The molecule has 2 unspecified atom stereocenters. The van der Waals surface area contributed by atoms with Crippen LogP contribution in [0.25, 0.3) is 0 Å². The molecule has 0 rings (SSSR count). The van der Waals surface area contributed by atoms with E-state index in [1.165, 1.54) is 32.4 Å². The van der Waals surface area contributed by atoms with E-state index < -0.39 is 0 Å². The quantitative estimate of drug-likeness (QED) is 0.635. The van der Waals surface area contributed by atoms with E-state index in [0.717, 1.165) is 6.54 Å². The summed E-state index contributed by atoms with van der Waals surface area (Å²) >= 11 is 0. The van der Waals surface area contributed by atoms with Gasteiger partial charge in [-0.3, -0.25) is 4.90 Å². The van der Waals surface area contributed by atoms with Gasteiger partial charge in [-0.05, 0) is 46.2 Å². The second kappa shape index (κ2) is 9.17. The Morgan fingerprint density at radius 3 is 1.93 bits per heavy atom. The van der Waals surface area contributed by atoms with E-state index in [-0.39, 0.29) is 0 Å². The highest BCUT2D eigenvalue weighted by molar-refractivity contribution is 4.71. The van der Waals surface area contributed by atoms with E-state index in [2.05, 4.69) is 44.8 Å². The Morgan fingerprint density at radius 1 is 1.00 bits per heavy atom. The van der Waals surface area contributed by atoms with Crippen LogP contribution < -0.4 is 5.32 Å². The van der Waals surface area contributed by atoms with Gasteiger partial charge in [0.25, 0.3) is 0 Å². The first-order valence-electron chi connectivity index (χ1n) is 6.63. The molecule has 15 heavy (non-hydrogen) atoms. The molecule has 92 valence electrons. The maximum Gasteiger partial charge on any atom is 0.0192 e. The Labute approximate surface area is 96.4 Å². The van der Waals surface area contributed by atoms with Crippen LogP contribution in [0.1, 0.15) is 53.9 Å². The fraction of sp³-hybridized carbons (Fsp3) is 1.00. The summed E-state index contributed by atoms with van der Waals surface area (Å²) < 4.78 is 0. The number of nitrogens with one attached hydrogen (secondary N) is 1.